The van der Waals surface area contributed by atoms with Crippen molar-refractivity contribution in [2.75, 3.05) is 70.9 Å². The molecule has 1 aliphatic heterocycles. The molecule has 2 heterocycles. The number of benzene rings is 3. The molecule has 0 saturated carbocycles. The summed E-state index contributed by atoms with van der Waals surface area (Å²) < 4.78 is 65.8. The number of carbonyl (C=O) groups excluding carboxylic acids is 1. The summed E-state index contributed by atoms with van der Waals surface area (Å²) in [7, 11) is 0.822. The minimum atomic E-state index is -4.31. The number of aromatic amines is 1. The van der Waals surface area contributed by atoms with Crippen LogP contribution >= 0.6 is 0 Å². The van der Waals surface area contributed by atoms with Gasteiger partial charge in [0.25, 0.3) is 5.91 Å². The van der Waals surface area contributed by atoms with Crippen molar-refractivity contribution in [2.45, 2.75) is 15.8 Å². The molecule has 0 atom stereocenters. The first-order valence-corrected chi connectivity index (χ1v) is 15.4. The van der Waals surface area contributed by atoms with Gasteiger partial charge in [-0.1, -0.05) is 0 Å². The molecule has 1 fully saturated rings. The highest BCUT2D eigenvalue weighted by atomic mass is 32.2. The molecular formula is C30H34F2N6O5S. The monoisotopic (exact) mass is 628 g/mol. The van der Waals surface area contributed by atoms with Crippen LogP contribution in [0.25, 0.3) is 22.2 Å². The maximum absolute atomic E-state index is 14.0. The third kappa shape index (κ3) is 6.24. The molecule has 1 saturated heterocycles. The summed E-state index contributed by atoms with van der Waals surface area (Å²) in [5.74, 6) is -2.69. The van der Waals surface area contributed by atoms with Gasteiger partial charge in [0.05, 0.1) is 51.4 Å². The number of nitrogens with two attached hydrogens (primary N) is 1. The van der Waals surface area contributed by atoms with Crippen molar-refractivity contribution in [1.29, 1.82) is 0 Å². The quantitative estimate of drug-likeness (QED) is 0.228. The summed E-state index contributed by atoms with van der Waals surface area (Å²) in [6.45, 7) is 3.46. The Hall–Kier alpha value is -4.11. The van der Waals surface area contributed by atoms with Gasteiger partial charge < -0.3 is 30.3 Å². The van der Waals surface area contributed by atoms with E-state index in [1.807, 2.05) is 13.1 Å². The van der Waals surface area contributed by atoms with Gasteiger partial charge in [-0.2, -0.15) is 5.10 Å². The molecular weight excluding hydrogens is 594 g/mol. The van der Waals surface area contributed by atoms with Crippen LogP contribution in [0.4, 0.5) is 20.2 Å². The third-order valence-corrected chi connectivity index (χ3v) is 9.34. The number of hydrogen-bond donors (Lipinski definition) is 3. The molecule has 4 N–H and O–H groups in total. The Labute approximate surface area is 253 Å². The van der Waals surface area contributed by atoms with Crippen LogP contribution in [0.2, 0.25) is 0 Å². The van der Waals surface area contributed by atoms with Gasteiger partial charge in [-0.05, 0) is 49.5 Å². The van der Waals surface area contributed by atoms with E-state index in [0.717, 1.165) is 30.9 Å². The third-order valence-electron chi connectivity index (χ3n) is 7.60. The first-order valence-electron chi connectivity index (χ1n) is 13.9. The molecule has 0 spiro atoms. The van der Waals surface area contributed by atoms with Gasteiger partial charge in [0.15, 0.2) is 0 Å². The van der Waals surface area contributed by atoms with Gasteiger partial charge >= 0.3 is 0 Å². The topological polar surface area (TPSA) is 143 Å². The fraction of sp³-hybridized carbons (Fsp3) is 0.333. The second-order valence-corrected chi connectivity index (χ2v) is 12.6. The number of H-pyrrole nitrogens is 1. The van der Waals surface area contributed by atoms with Crippen molar-refractivity contribution in [3.63, 3.8) is 0 Å². The molecule has 5 rings (SSSR count). The largest absolute Gasteiger partial charge is 0.382 e. The van der Waals surface area contributed by atoms with E-state index in [-0.39, 0.29) is 29.7 Å². The first-order chi connectivity index (χ1) is 21.0. The standard InChI is InChI=1S/C30H34F2N6O5S/c1-37-8-10-38(11-9-37)26-7-5-23(30(33)39)28(34-20(16-42-2)17-43-3)27(26)29-24-15-21(4-6-25(24)35-36-29)44(40,41)22-13-18(31)12-19(32)14-22/h4-7,12-15,20,34H,8-11,16-17H2,1-3H3,(H2,33,39)(H,35,36). The van der Waals surface area contributed by atoms with Crippen LogP contribution < -0.4 is 16.0 Å². The van der Waals surface area contributed by atoms with Crippen LogP contribution in [-0.4, -0.2) is 96.1 Å². The number of carbonyl (C=O) groups is 1. The fourth-order valence-electron chi connectivity index (χ4n) is 5.41. The number of rotatable bonds is 11. The van der Waals surface area contributed by atoms with Crippen molar-refractivity contribution in [3.05, 3.63) is 65.7 Å². The molecule has 0 bridgehead atoms. The maximum Gasteiger partial charge on any atom is 0.250 e. The van der Waals surface area contributed by atoms with Crippen molar-refractivity contribution in [3.8, 4) is 11.3 Å². The molecule has 0 unspecified atom stereocenters. The number of aromatic nitrogens is 2. The van der Waals surface area contributed by atoms with Gasteiger partial charge in [0.1, 0.15) is 17.3 Å². The minimum Gasteiger partial charge on any atom is -0.382 e. The number of sulfone groups is 1. The summed E-state index contributed by atoms with van der Waals surface area (Å²) in [5, 5.41) is 11.3. The molecule has 1 aromatic heterocycles. The zero-order valence-corrected chi connectivity index (χ0v) is 25.4. The number of halogens is 2. The Morgan fingerprint density at radius 1 is 1.00 bits per heavy atom. The summed E-state index contributed by atoms with van der Waals surface area (Å²) in [5.41, 5.74) is 8.60. The SMILES string of the molecule is COCC(COC)Nc1c(C(N)=O)ccc(N2CCN(C)CC2)c1-c1n[nH]c2ccc(S(=O)(=O)c3cc(F)cc(F)c3)cc12. The number of hydrogen-bond acceptors (Lipinski definition) is 9. The second kappa shape index (κ2) is 12.9. The van der Waals surface area contributed by atoms with Crippen LogP contribution in [0.5, 0.6) is 0 Å². The molecule has 1 aliphatic rings. The maximum atomic E-state index is 14.0. The van der Waals surface area contributed by atoms with Crippen molar-refractivity contribution >= 4 is 38.0 Å². The minimum absolute atomic E-state index is 0.184. The molecule has 11 nitrogen and oxygen atoms in total. The molecule has 0 radical (unpaired) electrons. The lowest BCUT2D eigenvalue weighted by Crippen LogP contribution is -2.44. The first kappa shape index (κ1) is 31.3. The van der Waals surface area contributed by atoms with Crippen molar-refractivity contribution in [1.82, 2.24) is 15.1 Å². The average Bonchev–Trinajstić information content (AvgIpc) is 3.40. The Bertz CT molecular complexity index is 1760. The van der Waals surface area contributed by atoms with E-state index in [0.29, 0.717) is 47.0 Å². The van der Waals surface area contributed by atoms with Gasteiger partial charge in [-0.3, -0.25) is 9.89 Å². The van der Waals surface area contributed by atoms with E-state index in [1.165, 1.54) is 18.2 Å². The Morgan fingerprint density at radius 3 is 2.27 bits per heavy atom. The number of ether oxygens (including phenoxy) is 2. The van der Waals surface area contributed by atoms with E-state index in [2.05, 4.69) is 25.3 Å². The van der Waals surface area contributed by atoms with E-state index in [9.17, 15) is 22.0 Å². The van der Waals surface area contributed by atoms with E-state index in [1.54, 1.807) is 20.3 Å². The average molecular weight is 629 g/mol. The lowest BCUT2D eigenvalue weighted by atomic mass is 9.97. The Balaban J connectivity index is 1.75. The number of methoxy groups -OCH3 is 2. The molecule has 14 heteroatoms. The van der Waals surface area contributed by atoms with Crippen LogP contribution in [0, 0.1) is 11.6 Å². The van der Waals surface area contributed by atoms with Gasteiger partial charge in [-0.15, -0.1) is 0 Å². The molecule has 44 heavy (non-hydrogen) atoms. The lowest BCUT2D eigenvalue weighted by molar-refractivity contribution is 0.1000. The fourth-order valence-corrected chi connectivity index (χ4v) is 6.73. The smallest absolute Gasteiger partial charge is 0.250 e. The lowest BCUT2D eigenvalue weighted by Gasteiger charge is -2.36. The molecule has 0 aliphatic carbocycles. The van der Waals surface area contributed by atoms with E-state index < -0.39 is 32.3 Å². The van der Waals surface area contributed by atoms with Crippen molar-refractivity contribution < 1.29 is 31.5 Å². The predicted octanol–water partition coefficient (Wildman–Crippen LogP) is 3.26. The number of nitrogens with zero attached hydrogens (tertiary/aromatic N) is 3. The molecule has 4 aromatic rings. The highest BCUT2D eigenvalue weighted by molar-refractivity contribution is 7.91. The van der Waals surface area contributed by atoms with Crippen LogP contribution in [0.15, 0.2) is 58.3 Å². The highest BCUT2D eigenvalue weighted by Gasteiger charge is 2.28. The van der Waals surface area contributed by atoms with Gasteiger partial charge in [0, 0.05) is 57.5 Å². The number of fused-ring (bicyclic) bond motifs is 1. The number of anilines is 2. The van der Waals surface area contributed by atoms with Crippen LogP contribution in [-0.2, 0) is 19.3 Å². The van der Waals surface area contributed by atoms with Crippen molar-refractivity contribution in [2.24, 2.45) is 5.73 Å². The number of primary amides is 1. The highest BCUT2D eigenvalue weighted by Crippen LogP contribution is 2.43. The summed E-state index contributed by atoms with van der Waals surface area (Å²) in [4.78, 5) is 16.4. The molecule has 1 amide bonds. The van der Waals surface area contributed by atoms with Gasteiger partial charge in [-0.25, -0.2) is 17.2 Å². The van der Waals surface area contributed by atoms with Crippen LogP contribution in [0.3, 0.4) is 0 Å². The zero-order valence-electron chi connectivity index (χ0n) is 24.6. The molecule has 3 aromatic carbocycles. The number of likely N-dealkylation sites (N-methyl/N-ethyl adjacent to an activating group) is 1. The summed E-state index contributed by atoms with van der Waals surface area (Å²) in [6, 6.07) is 9.52. The number of amides is 1. The number of piperazine rings is 1. The predicted molar refractivity (Wildman–Crippen MR) is 163 cm³/mol. The Morgan fingerprint density at radius 2 is 1.66 bits per heavy atom. The summed E-state index contributed by atoms with van der Waals surface area (Å²) in [6.07, 6.45) is 0. The normalized spacial score (nSPS) is 14.5. The molecule has 234 valence electrons. The second-order valence-electron chi connectivity index (χ2n) is 10.7. The summed E-state index contributed by atoms with van der Waals surface area (Å²) >= 11 is 0. The Kier molecular flexibility index (Phi) is 9.15. The van der Waals surface area contributed by atoms with Gasteiger partial charge in [0.2, 0.25) is 9.84 Å². The zero-order chi connectivity index (χ0) is 31.6. The van der Waals surface area contributed by atoms with Crippen LogP contribution in [0.1, 0.15) is 10.4 Å². The number of nitrogens with one attached hydrogen (secondary N) is 2. The van der Waals surface area contributed by atoms with E-state index >= 15 is 0 Å². The van der Waals surface area contributed by atoms with E-state index in [4.69, 9.17) is 15.2 Å².